The number of fused-ring (bicyclic) bond motifs is 8. The summed E-state index contributed by atoms with van der Waals surface area (Å²) in [5, 5.41) is 4.89. The van der Waals surface area contributed by atoms with Crippen LogP contribution in [0.2, 0.25) is 0 Å². The standard InChI is InChI=1S/C64H44N2/c1-63(2)56-35-19-31-51(60(56)54-38-42-22-12-13-23-43(42)39-57(54)63)48-36-37-50(47-29-15-14-28-46(47)48)58-40-59(66-62(65-58)41-20-6-3-7-21-41)53-33-18-32-52-49-30-16-17-34-55(49)64(61(52)53,44-24-8-4-9-25-44)45-26-10-5-11-27-45/h3-40H,1-2H3. The fourth-order valence-corrected chi connectivity index (χ4v) is 11.6. The van der Waals surface area contributed by atoms with Crippen LogP contribution in [0.3, 0.4) is 0 Å². The van der Waals surface area contributed by atoms with Crippen LogP contribution in [0.15, 0.2) is 231 Å². The molecule has 13 rings (SSSR count). The normalized spacial score (nSPS) is 13.8. The Bertz CT molecular complexity index is 3680. The van der Waals surface area contributed by atoms with E-state index in [0.29, 0.717) is 5.82 Å². The van der Waals surface area contributed by atoms with E-state index in [1.807, 2.05) is 0 Å². The van der Waals surface area contributed by atoms with E-state index in [-0.39, 0.29) is 5.41 Å². The lowest BCUT2D eigenvalue weighted by atomic mass is 9.66. The molecule has 0 bridgehead atoms. The summed E-state index contributed by atoms with van der Waals surface area (Å²) in [6.07, 6.45) is 0. The number of aromatic nitrogens is 2. The zero-order valence-electron chi connectivity index (χ0n) is 36.8. The Balaban J connectivity index is 1.05. The lowest BCUT2D eigenvalue weighted by Crippen LogP contribution is -2.29. The molecule has 0 saturated heterocycles. The second kappa shape index (κ2) is 14.7. The van der Waals surface area contributed by atoms with Crippen LogP contribution < -0.4 is 0 Å². The van der Waals surface area contributed by atoms with Gasteiger partial charge in [0.25, 0.3) is 0 Å². The minimum Gasteiger partial charge on any atom is -0.228 e. The van der Waals surface area contributed by atoms with Gasteiger partial charge in [-0.15, -0.1) is 0 Å². The van der Waals surface area contributed by atoms with E-state index < -0.39 is 5.41 Å². The zero-order chi connectivity index (χ0) is 44.0. The van der Waals surface area contributed by atoms with Gasteiger partial charge in [-0.25, -0.2) is 9.97 Å². The first-order chi connectivity index (χ1) is 32.5. The van der Waals surface area contributed by atoms with Crippen molar-refractivity contribution in [1.82, 2.24) is 9.97 Å². The maximum Gasteiger partial charge on any atom is 0.160 e. The molecule has 1 heterocycles. The minimum atomic E-state index is -0.590. The summed E-state index contributed by atoms with van der Waals surface area (Å²) in [7, 11) is 0. The van der Waals surface area contributed by atoms with Crippen LogP contribution in [0.5, 0.6) is 0 Å². The third kappa shape index (κ3) is 5.55. The van der Waals surface area contributed by atoms with Crippen molar-refractivity contribution in [2.24, 2.45) is 0 Å². The predicted octanol–water partition coefficient (Wildman–Crippen LogP) is 16.1. The lowest BCUT2D eigenvalue weighted by molar-refractivity contribution is 0.661. The topological polar surface area (TPSA) is 25.8 Å². The molecule has 0 spiro atoms. The molecule has 2 nitrogen and oxygen atoms in total. The number of hydrogen-bond acceptors (Lipinski definition) is 2. The molecule has 0 saturated carbocycles. The first-order valence-electron chi connectivity index (χ1n) is 23.0. The summed E-state index contributed by atoms with van der Waals surface area (Å²) in [5.41, 5.74) is 19.5. The van der Waals surface area contributed by atoms with Gasteiger partial charge in [-0.1, -0.05) is 226 Å². The van der Waals surface area contributed by atoms with Crippen molar-refractivity contribution >= 4 is 21.5 Å². The molecule has 66 heavy (non-hydrogen) atoms. The number of hydrogen-bond donors (Lipinski definition) is 0. The molecule has 0 aliphatic heterocycles. The number of benzene rings is 10. The Morgan fingerprint density at radius 3 is 1.58 bits per heavy atom. The summed E-state index contributed by atoms with van der Waals surface area (Å²) in [4.78, 5) is 11.0. The van der Waals surface area contributed by atoms with Crippen molar-refractivity contribution in [1.29, 1.82) is 0 Å². The molecule has 0 N–H and O–H groups in total. The van der Waals surface area contributed by atoms with Crippen molar-refractivity contribution in [3.8, 4) is 67.3 Å². The largest absolute Gasteiger partial charge is 0.228 e. The Labute approximate surface area is 385 Å². The van der Waals surface area contributed by atoms with Gasteiger partial charge in [0.2, 0.25) is 0 Å². The fourth-order valence-electron chi connectivity index (χ4n) is 11.6. The average Bonchev–Trinajstić information content (AvgIpc) is 3.81. The van der Waals surface area contributed by atoms with Gasteiger partial charge in [-0.3, -0.25) is 0 Å². The molecule has 2 heteroatoms. The van der Waals surface area contributed by atoms with Crippen molar-refractivity contribution in [2.75, 3.05) is 0 Å². The molecule has 1 aromatic heterocycles. The highest BCUT2D eigenvalue weighted by atomic mass is 14.9. The summed E-state index contributed by atoms with van der Waals surface area (Å²) >= 11 is 0. The summed E-state index contributed by atoms with van der Waals surface area (Å²) < 4.78 is 0. The van der Waals surface area contributed by atoms with Crippen LogP contribution >= 0.6 is 0 Å². The molecule has 10 aromatic carbocycles. The van der Waals surface area contributed by atoms with Gasteiger partial charge < -0.3 is 0 Å². The van der Waals surface area contributed by atoms with Crippen molar-refractivity contribution in [3.63, 3.8) is 0 Å². The number of rotatable bonds is 6. The summed E-state index contributed by atoms with van der Waals surface area (Å²) in [6.45, 7) is 4.75. The summed E-state index contributed by atoms with van der Waals surface area (Å²) in [5.74, 6) is 0.696. The SMILES string of the molecule is CC1(C)c2cc3ccccc3cc2-c2c(-c3ccc(-c4cc(-c5cccc6c5C(c5ccccc5)(c5ccccc5)c5ccccc5-6)nc(-c5ccccc5)n4)c4ccccc34)cccc21. The third-order valence-electron chi connectivity index (χ3n) is 14.6. The van der Waals surface area contributed by atoms with Crippen LogP contribution in [0.1, 0.15) is 47.2 Å². The van der Waals surface area contributed by atoms with E-state index in [1.54, 1.807) is 0 Å². The maximum absolute atomic E-state index is 5.52. The van der Waals surface area contributed by atoms with Gasteiger partial charge in [-0.05, 0) is 107 Å². The van der Waals surface area contributed by atoms with E-state index in [1.165, 1.54) is 82.9 Å². The first kappa shape index (κ1) is 38.3. The van der Waals surface area contributed by atoms with E-state index in [0.717, 1.165) is 33.5 Å². The molecule has 310 valence electrons. The van der Waals surface area contributed by atoms with Crippen molar-refractivity contribution in [2.45, 2.75) is 24.7 Å². The second-order valence-electron chi connectivity index (χ2n) is 18.4. The number of nitrogens with zero attached hydrogens (tertiary/aromatic N) is 2. The molecular weight excluding hydrogens is 797 g/mol. The lowest BCUT2D eigenvalue weighted by Gasteiger charge is -2.35. The molecule has 2 aliphatic carbocycles. The van der Waals surface area contributed by atoms with E-state index >= 15 is 0 Å². The quantitative estimate of drug-likeness (QED) is 0.167. The highest BCUT2D eigenvalue weighted by Gasteiger charge is 2.47. The molecule has 11 aromatic rings. The van der Waals surface area contributed by atoms with Crippen molar-refractivity contribution < 1.29 is 0 Å². The van der Waals surface area contributed by atoms with Gasteiger partial charge in [-0.2, -0.15) is 0 Å². The van der Waals surface area contributed by atoms with Gasteiger partial charge in [0, 0.05) is 22.1 Å². The average molecular weight is 841 g/mol. The van der Waals surface area contributed by atoms with E-state index in [2.05, 4.69) is 244 Å². The predicted molar refractivity (Wildman–Crippen MR) is 274 cm³/mol. The molecule has 0 fully saturated rings. The fraction of sp³-hybridized carbons (Fsp3) is 0.0625. The summed E-state index contributed by atoms with van der Waals surface area (Å²) in [6, 6.07) is 84.4. The Morgan fingerprint density at radius 1 is 0.333 bits per heavy atom. The molecule has 0 atom stereocenters. The highest BCUT2D eigenvalue weighted by Crippen LogP contribution is 2.59. The van der Waals surface area contributed by atoms with Crippen LogP contribution in [0.4, 0.5) is 0 Å². The Hall–Kier alpha value is -8.20. The Morgan fingerprint density at radius 2 is 0.848 bits per heavy atom. The Kier molecular flexibility index (Phi) is 8.51. The molecule has 2 aliphatic rings. The first-order valence-corrected chi connectivity index (χ1v) is 23.0. The molecule has 0 radical (unpaired) electrons. The van der Waals surface area contributed by atoms with Crippen LogP contribution in [-0.4, -0.2) is 9.97 Å². The van der Waals surface area contributed by atoms with Gasteiger partial charge in [0.05, 0.1) is 16.8 Å². The van der Waals surface area contributed by atoms with Gasteiger partial charge in [0.1, 0.15) is 0 Å². The monoisotopic (exact) mass is 840 g/mol. The van der Waals surface area contributed by atoms with Crippen LogP contribution in [0.25, 0.3) is 88.8 Å². The molecular formula is C64H44N2. The minimum absolute atomic E-state index is 0.136. The van der Waals surface area contributed by atoms with Gasteiger partial charge in [0.15, 0.2) is 5.82 Å². The molecule has 0 amide bonds. The smallest absolute Gasteiger partial charge is 0.160 e. The van der Waals surface area contributed by atoms with E-state index in [4.69, 9.17) is 9.97 Å². The zero-order valence-corrected chi connectivity index (χ0v) is 36.8. The van der Waals surface area contributed by atoms with Gasteiger partial charge >= 0.3 is 0 Å². The van der Waals surface area contributed by atoms with Crippen molar-refractivity contribution in [3.05, 3.63) is 264 Å². The van der Waals surface area contributed by atoms with E-state index in [9.17, 15) is 0 Å². The highest BCUT2D eigenvalue weighted by molar-refractivity contribution is 6.09. The third-order valence-corrected chi connectivity index (χ3v) is 14.6. The van der Waals surface area contributed by atoms with Crippen LogP contribution in [0, 0.1) is 0 Å². The maximum atomic E-state index is 5.52. The molecule has 0 unspecified atom stereocenters. The van der Waals surface area contributed by atoms with Crippen LogP contribution in [-0.2, 0) is 10.8 Å². The second-order valence-corrected chi connectivity index (χ2v) is 18.4.